The summed E-state index contributed by atoms with van der Waals surface area (Å²) in [5.41, 5.74) is 4.61. The Hall–Kier alpha value is -0.900. The summed E-state index contributed by atoms with van der Waals surface area (Å²) in [4.78, 5) is 5.66. The average molecular weight is 261 g/mol. The van der Waals surface area contributed by atoms with E-state index in [1.807, 2.05) is 18.2 Å². The van der Waals surface area contributed by atoms with E-state index in [0.29, 0.717) is 12.6 Å². The van der Waals surface area contributed by atoms with E-state index in [9.17, 15) is 0 Å². The second-order valence-corrected chi connectivity index (χ2v) is 5.82. The second kappa shape index (κ2) is 6.04. The van der Waals surface area contributed by atoms with Gasteiger partial charge in [0.2, 0.25) is 0 Å². The first-order valence-electron chi connectivity index (χ1n) is 7.42. The lowest BCUT2D eigenvalue weighted by atomic mass is 9.89. The number of benzene rings is 1. The molecule has 0 amide bonds. The Kier molecular flexibility index (Phi) is 4.16. The highest BCUT2D eigenvalue weighted by Crippen LogP contribution is 2.39. The van der Waals surface area contributed by atoms with E-state index in [4.69, 9.17) is 9.57 Å². The maximum Gasteiger partial charge on any atom is 0.0933 e. The third kappa shape index (κ3) is 3.35. The molecule has 2 aliphatic rings. The van der Waals surface area contributed by atoms with Crippen LogP contribution in [0.1, 0.15) is 44.1 Å². The van der Waals surface area contributed by atoms with Gasteiger partial charge in [-0.3, -0.25) is 4.84 Å². The van der Waals surface area contributed by atoms with Gasteiger partial charge in [-0.1, -0.05) is 43.2 Å². The molecule has 1 unspecified atom stereocenters. The van der Waals surface area contributed by atoms with Gasteiger partial charge in [0.25, 0.3) is 0 Å². The Labute approximate surface area is 115 Å². The van der Waals surface area contributed by atoms with Crippen molar-refractivity contribution in [2.75, 3.05) is 6.61 Å². The summed E-state index contributed by atoms with van der Waals surface area (Å²) in [5, 5.41) is 0. The van der Waals surface area contributed by atoms with Gasteiger partial charge in [0, 0.05) is 12.6 Å². The normalized spacial score (nSPS) is 25.8. The maximum atomic E-state index is 6.03. The Morgan fingerprint density at radius 1 is 1.21 bits per heavy atom. The predicted octanol–water partition coefficient (Wildman–Crippen LogP) is 3.20. The molecular formula is C16H23NO2. The van der Waals surface area contributed by atoms with Crippen molar-refractivity contribution < 1.29 is 9.57 Å². The van der Waals surface area contributed by atoms with Crippen LogP contribution in [0.15, 0.2) is 30.3 Å². The fourth-order valence-electron chi connectivity index (χ4n) is 3.31. The van der Waals surface area contributed by atoms with Gasteiger partial charge in [0.05, 0.1) is 12.2 Å². The van der Waals surface area contributed by atoms with Crippen molar-refractivity contribution in [1.82, 2.24) is 5.48 Å². The van der Waals surface area contributed by atoms with Crippen molar-refractivity contribution in [1.29, 1.82) is 0 Å². The molecule has 1 N–H and O–H groups in total. The molecule has 3 heteroatoms. The van der Waals surface area contributed by atoms with Crippen LogP contribution in [-0.4, -0.2) is 18.2 Å². The minimum atomic E-state index is 0.159. The molecule has 1 atom stereocenters. The highest BCUT2D eigenvalue weighted by atomic mass is 16.6. The van der Waals surface area contributed by atoms with Gasteiger partial charge in [0.1, 0.15) is 0 Å². The highest BCUT2D eigenvalue weighted by molar-refractivity contribution is 5.13. The Balaban J connectivity index is 1.45. The van der Waals surface area contributed by atoms with E-state index in [1.165, 1.54) is 31.2 Å². The van der Waals surface area contributed by atoms with Gasteiger partial charge in [-0.05, 0) is 31.2 Å². The van der Waals surface area contributed by atoms with Gasteiger partial charge in [-0.25, -0.2) is 0 Å². The van der Waals surface area contributed by atoms with Crippen molar-refractivity contribution in [2.45, 2.75) is 56.8 Å². The number of rotatable bonds is 4. The van der Waals surface area contributed by atoms with Crippen molar-refractivity contribution in [3.05, 3.63) is 35.9 Å². The summed E-state index contributed by atoms with van der Waals surface area (Å²) >= 11 is 0. The third-order valence-electron chi connectivity index (χ3n) is 4.34. The summed E-state index contributed by atoms with van der Waals surface area (Å²) < 4.78 is 6.03. The molecule has 3 nitrogen and oxygen atoms in total. The van der Waals surface area contributed by atoms with Gasteiger partial charge in [-0.15, -0.1) is 0 Å². The first-order chi connectivity index (χ1) is 9.36. The summed E-state index contributed by atoms with van der Waals surface area (Å²) in [6, 6.07) is 10.7. The number of hydroxylamine groups is 1. The lowest BCUT2D eigenvalue weighted by Gasteiger charge is -2.38. The molecule has 19 heavy (non-hydrogen) atoms. The monoisotopic (exact) mass is 261 g/mol. The fraction of sp³-hybridized carbons (Fsp3) is 0.625. The van der Waals surface area contributed by atoms with Crippen LogP contribution in [0, 0.1) is 0 Å². The number of ether oxygens (including phenoxy) is 1. The number of nitrogens with one attached hydrogen (secondary N) is 1. The molecule has 3 rings (SSSR count). The molecule has 104 valence electrons. The lowest BCUT2D eigenvalue weighted by molar-refractivity contribution is -0.111. The van der Waals surface area contributed by atoms with E-state index in [1.54, 1.807) is 0 Å². The molecule has 1 aromatic rings. The van der Waals surface area contributed by atoms with Crippen LogP contribution < -0.4 is 5.48 Å². The van der Waals surface area contributed by atoms with Gasteiger partial charge < -0.3 is 4.74 Å². The minimum absolute atomic E-state index is 0.159. The van der Waals surface area contributed by atoms with E-state index in [-0.39, 0.29) is 5.60 Å². The van der Waals surface area contributed by atoms with Crippen LogP contribution in [0.3, 0.4) is 0 Å². The molecule has 0 bridgehead atoms. The lowest BCUT2D eigenvalue weighted by Crippen LogP contribution is -2.45. The number of hydrogen-bond acceptors (Lipinski definition) is 3. The van der Waals surface area contributed by atoms with E-state index >= 15 is 0 Å². The van der Waals surface area contributed by atoms with Crippen LogP contribution >= 0.6 is 0 Å². The molecule has 1 heterocycles. The van der Waals surface area contributed by atoms with E-state index < -0.39 is 0 Å². The topological polar surface area (TPSA) is 30.5 Å². The number of hydrogen-bond donors (Lipinski definition) is 1. The summed E-state index contributed by atoms with van der Waals surface area (Å²) in [6.45, 7) is 1.50. The minimum Gasteiger partial charge on any atom is -0.375 e. The fourth-order valence-corrected chi connectivity index (χ4v) is 3.31. The molecule has 0 radical (unpaired) electrons. The van der Waals surface area contributed by atoms with Crippen LogP contribution in [-0.2, 0) is 16.2 Å². The first kappa shape index (κ1) is 13.1. The van der Waals surface area contributed by atoms with Crippen molar-refractivity contribution in [3.63, 3.8) is 0 Å². The van der Waals surface area contributed by atoms with Crippen molar-refractivity contribution >= 4 is 0 Å². The average Bonchev–Trinajstić information content (AvgIpc) is 2.88. The molecule has 1 spiro atoms. The van der Waals surface area contributed by atoms with E-state index in [2.05, 4.69) is 17.6 Å². The van der Waals surface area contributed by atoms with Crippen LogP contribution in [0.25, 0.3) is 0 Å². The molecule has 1 saturated heterocycles. The Morgan fingerprint density at radius 3 is 2.79 bits per heavy atom. The molecule has 1 aromatic carbocycles. The van der Waals surface area contributed by atoms with Gasteiger partial charge >= 0.3 is 0 Å². The molecule has 1 saturated carbocycles. The summed E-state index contributed by atoms with van der Waals surface area (Å²) in [5.74, 6) is 0. The van der Waals surface area contributed by atoms with Crippen molar-refractivity contribution in [3.8, 4) is 0 Å². The highest BCUT2D eigenvalue weighted by Gasteiger charge is 2.39. The largest absolute Gasteiger partial charge is 0.375 e. The Morgan fingerprint density at radius 2 is 2.00 bits per heavy atom. The Bertz CT molecular complexity index is 387. The predicted molar refractivity (Wildman–Crippen MR) is 74.5 cm³/mol. The third-order valence-corrected chi connectivity index (χ3v) is 4.34. The molecule has 1 aliphatic heterocycles. The SMILES string of the molecule is c1ccc(CONC2CCOC3(CCCC3)C2)cc1. The maximum absolute atomic E-state index is 6.03. The molecular weight excluding hydrogens is 238 g/mol. The van der Waals surface area contributed by atoms with Crippen LogP contribution in [0.5, 0.6) is 0 Å². The quantitative estimate of drug-likeness (QED) is 0.844. The summed E-state index contributed by atoms with van der Waals surface area (Å²) in [6.07, 6.45) is 7.24. The van der Waals surface area contributed by atoms with E-state index in [0.717, 1.165) is 19.4 Å². The summed E-state index contributed by atoms with van der Waals surface area (Å²) in [7, 11) is 0. The van der Waals surface area contributed by atoms with Crippen molar-refractivity contribution in [2.24, 2.45) is 0 Å². The second-order valence-electron chi connectivity index (χ2n) is 5.82. The van der Waals surface area contributed by atoms with Crippen LogP contribution in [0.4, 0.5) is 0 Å². The zero-order chi connectivity index (χ0) is 13.0. The van der Waals surface area contributed by atoms with Gasteiger partial charge in [0.15, 0.2) is 0 Å². The first-order valence-corrected chi connectivity index (χ1v) is 7.42. The molecule has 2 fully saturated rings. The standard InChI is InChI=1S/C16H23NO2/c1-2-6-14(7-3-1)13-19-17-15-8-11-18-16(12-15)9-4-5-10-16/h1-3,6-7,15,17H,4-5,8-13H2. The zero-order valence-electron chi connectivity index (χ0n) is 11.4. The zero-order valence-corrected chi connectivity index (χ0v) is 11.4. The molecule has 0 aromatic heterocycles. The van der Waals surface area contributed by atoms with Crippen LogP contribution in [0.2, 0.25) is 0 Å². The van der Waals surface area contributed by atoms with Gasteiger partial charge in [-0.2, -0.15) is 5.48 Å². The smallest absolute Gasteiger partial charge is 0.0933 e. The molecule has 1 aliphatic carbocycles.